The van der Waals surface area contributed by atoms with Gasteiger partial charge in [-0.25, -0.2) is 0 Å². The number of benzene rings is 2. The SMILES string of the molecule is CCC(CN1CCCCC1)N1C(=O)c2cc(OC)c3c(OC)cccc3c2C1=O. The summed E-state index contributed by atoms with van der Waals surface area (Å²) in [7, 11) is 3.16. The molecule has 1 atom stereocenters. The Labute approximate surface area is 171 Å². The van der Waals surface area contributed by atoms with Gasteiger partial charge in [0.15, 0.2) is 0 Å². The number of fused-ring (bicyclic) bond motifs is 3. The predicted octanol–water partition coefficient (Wildman–Crippen LogP) is 3.72. The maximum absolute atomic E-state index is 13.5. The molecule has 2 aromatic rings. The van der Waals surface area contributed by atoms with Crippen LogP contribution in [0.2, 0.25) is 0 Å². The second-order valence-electron chi connectivity index (χ2n) is 7.79. The average Bonchev–Trinajstić information content (AvgIpc) is 3.01. The van der Waals surface area contributed by atoms with E-state index in [1.807, 2.05) is 25.1 Å². The molecule has 154 valence electrons. The van der Waals surface area contributed by atoms with Crippen molar-refractivity contribution in [3.63, 3.8) is 0 Å². The van der Waals surface area contributed by atoms with E-state index in [2.05, 4.69) is 4.90 Å². The van der Waals surface area contributed by atoms with Crippen molar-refractivity contribution < 1.29 is 19.1 Å². The van der Waals surface area contributed by atoms with Crippen LogP contribution in [-0.2, 0) is 0 Å². The highest BCUT2D eigenvalue weighted by molar-refractivity contribution is 6.27. The molecule has 6 heteroatoms. The molecule has 0 bridgehead atoms. The summed E-state index contributed by atoms with van der Waals surface area (Å²) in [6.45, 7) is 4.85. The second kappa shape index (κ2) is 8.03. The van der Waals surface area contributed by atoms with Gasteiger partial charge < -0.3 is 14.4 Å². The minimum atomic E-state index is -0.225. The van der Waals surface area contributed by atoms with E-state index in [9.17, 15) is 9.59 Å². The van der Waals surface area contributed by atoms with E-state index in [1.165, 1.54) is 24.2 Å². The van der Waals surface area contributed by atoms with Gasteiger partial charge in [0.25, 0.3) is 11.8 Å². The summed E-state index contributed by atoms with van der Waals surface area (Å²) in [6, 6.07) is 7.09. The molecule has 29 heavy (non-hydrogen) atoms. The lowest BCUT2D eigenvalue weighted by Crippen LogP contribution is -2.47. The summed E-state index contributed by atoms with van der Waals surface area (Å²) < 4.78 is 11.0. The molecule has 0 radical (unpaired) electrons. The normalized spacial score (nSPS) is 18.2. The Balaban J connectivity index is 1.77. The van der Waals surface area contributed by atoms with E-state index in [4.69, 9.17) is 9.47 Å². The fourth-order valence-corrected chi connectivity index (χ4v) is 4.65. The Bertz CT molecular complexity index is 950. The molecule has 0 aliphatic carbocycles. The summed E-state index contributed by atoms with van der Waals surface area (Å²) in [5, 5.41) is 1.43. The third-order valence-corrected chi connectivity index (χ3v) is 6.16. The molecule has 2 amide bonds. The van der Waals surface area contributed by atoms with Crippen molar-refractivity contribution in [3.8, 4) is 11.5 Å². The van der Waals surface area contributed by atoms with Crippen molar-refractivity contribution in [1.82, 2.24) is 9.80 Å². The summed E-state index contributed by atoms with van der Waals surface area (Å²) in [6.07, 6.45) is 4.36. The number of likely N-dealkylation sites (tertiary alicyclic amines) is 1. The number of nitrogens with zero attached hydrogens (tertiary/aromatic N) is 2. The van der Waals surface area contributed by atoms with Crippen LogP contribution in [0.15, 0.2) is 24.3 Å². The van der Waals surface area contributed by atoms with E-state index in [1.54, 1.807) is 20.3 Å². The van der Waals surface area contributed by atoms with Crippen LogP contribution in [0.3, 0.4) is 0 Å². The van der Waals surface area contributed by atoms with Gasteiger partial charge >= 0.3 is 0 Å². The average molecular weight is 396 g/mol. The molecule has 0 spiro atoms. The van der Waals surface area contributed by atoms with Gasteiger partial charge in [-0.3, -0.25) is 14.5 Å². The number of amides is 2. The van der Waals surface area contributed by atoms with Gasteiger partial charge in [0.05, 0.1) is 36.8 Å². The van der Waals surface area contributed by atoms with Crippen molar-refractivity contribution in [3.05, 3.63) is 35.4 Å². The fourth-order valence-electron chi connectivity index (χ4n) is 4.65. The first-order valence-electron chi connectivity index (χ1n) is 10.4. The Kier molecular flexibility index (Phi) is 5.46. The first-order valence-corrected chi connectivity index (χ1v) is 10.4. The molecule has 6 nitrogen and oxygen atoms in total. The Morgan fingerprint density at radius 3 is 2.38 bits per heavy atom. The van der Waals surface area contributed by atoms with Gasteiger partial charge in [0.1, 0.15) is 11.5 Å². The highest BCUT2D eigenvalue weighted by atomic mass is 16.5. The van der Waals surface area contributed by atoms with Crippen LogP contribution >= 0.6 is 0 Å². The van der Waals surface area contributed by atoms with Crippen molar-refractivity contribution in [2.45, 2.75) is 38.6 Å². The van der Waals surface area contributed by atoms with Crippen LogP contribution < -0.4 is 9.47 Å². The maximum atomic E-state index is 13.5. The van der Waals surface area contributed by atoms with E-state index >= 15 is 0 Å². The molecule has 0 aromatic heterocycles. The standard InChI is InChI=1S/C23H28N2O4/c1-4-15(14-24-11-6-5-7-12-24)25-22(26)17-13-19(29-3)21-16(20(17)23(25)27)9-8-10-18(21)28-2/h8-10,13,15H,4-7,11-12,14H2,1-3H3. The zero-order valence-corrected chi connectivity index (χ0v) is 17.4. The van der Waals surface area contributed by atoms with Crippen LogP contribution in [0.5, 0.6) is 11.5 Å². The number of ether oxygens (including phenoxy) is 2. The zero-order valence-electron chi connectivity index (χ0n) is 17.4. The molecule has 2 aromatic carbocycles. The Hall–Kier alpha value is -2.60. The Morgan fingerprint density at radius 1 is 1.00 bits per heavy atom. The quantitative estimate of drug-likeness (QED) is 0.697. The van der Waals surface area contributed by atoms with Crippen LogP contribution in [0.1, 0.15) is 53.3 Å². The fraction of sp³-hybridized carbons (Fsp3) is 0.478. The first kappa shape index (κ1) is 19.7. The molecule has 0 saturated carbocycles. The van der Waals surface area contributed by atoms with Crippen molar-refractivity contribution in [2.24, 2.45) is 0 Å². The predicted molar refractivity (Wildman–Crippen MR) is 112 cm³/mol. The Morgan fingerprint density at radius 2 is 1.72 bits per heavy atom. The van der Waals surface area contributed by atoms with Gasteiger partial charge in [-0.05, 0) is 44.5 Å². The van der Waals surface area contributed by atoms with E-state index in [0.29, 0.717) is 28.0 Å². The van der Waals surface area contributed by atoms with Gasteiger partial charge in [-0.1, -0.05) is 25.5 Å². The van der Waals surface area contributed by atoms with Crippen molar-refractivity contribution in [1.29, 1.82) is 0 Å². The van der Waals surface area contributed by atoms with E-state index in [0.717, 1.165) is 31.4 Å². The molecule has 0 N–H and O–H groups in total. The number of carbonyl (C=O) groups excluding carboxylic acids is 2. The lowest BCUT2D eigenvalue weighted by molar-refractivity contribution is 0.0528. The lowest BCUT2D eigenvalue weighted by Gasteiger charge is -2.33. The summed E-state index contributed by atoms with van der Waals surface area (Å²) in [5.41, 5.74) is 0.881. The molecule has 2 heterocycles. The third kappa shape index (κ3) is 3.25. The molecule has 1 unspecified atom stereocenters. The minimum absolute atomic E-state index is 0.132. The molecule has 2 aliphatic heterocycles. The number of hydrogen-bond acceptors (Lipinski definition) is 5. The largest absolute Gasteiger partial charge is 0.496 e. The minimum Gasteiger partial charge on any atom is -0.496 e. The first-order chi connectivity index (χ1) is 14.1. The van der Waals surface area contributed by atoms with Gasteiger partial charge in [-0.15, -0.1) is 0 Å². The van der Waals surface area contributed by atoms with E-state index < -0.39 is 0 Å². The monoisotopic (exact) mass is 396 g/mol. The number of carbonyl (C=O) groups is 2. The molecule has 1 fully saturated rings. The lowest BCUT2D eigenvalue weighted by atomic mass is 9.98. The maximum Gasteiger partial charge on any atom is 0.262 e. The third-order valence-electron chi connectivity index (χ3n) is 6.16. The summed E-state index contributed by atoms with van der Waals surface area (Å²) in [4.78, 5) is 30.6. The van der Waals surface area contributed by atoms with Crippen molar-refractivity contribution in [2.75, 3.05) is 33.9 Å². The van der Waals surface area contributed by atoms with E-state index in [-0.39, 0.29) is 17.9 Å². The van der Waals surface area contributed by atoms with Crippen molar-refractivity contribution >= 4 is 22.6 Å². The number of hydrogen-bond donors (Lipinski definition) is 0. The number of piperidine rings is 1. The van der Waals surface area contributed by atoms with Crippen LogP contribution in [0.4, 0.5) is 0 Å². The van der Waals surface area contributed by atoms with Gasteiger partial charge in [-0.2, -0.15) is 0 Å². The molecule has 2 aliphatic rings. The number of methoxy groups -OCH3 is 2. The second-order valence-corrected chi connectivity index (χ2v) is 7.79. The van der Waals surface area contributed by atoms with Crippen LogP contribution in [0, 0.1) is 0 Å². The number of rotatable bonds is 6. The highest BCUT2D eigenvalue weighted by Gasteiger charge is 2.42. The highest BCUT2D eigenvalue weighted by Crippen LogP contribution is 2.41. The molecule has 1 saturated heterocycles. The van der Waals surface area contributed by atoms with Crippen LogP contribution in [0.25, 0.3) is 10.8 Å². The van der Waals surface area contributed by atoms with Gasteiger partial charge in [0, 0.05) is 11.9 Å². The number of imide groups is 1. The molecule has 4 rings (SSSR count). The van der Waals surface area contributed by atoms with Gasteiger partial charge in [0.2, 0.25) is 0 Å². The van der Waals surface area contributed by atoms with Crippen LogP contribution in [-0.4, -0.2) is 61.5 Å². The summed E-state index contributed by atoms with van der Waals surface area (Å²) in [5.74, 6) is 0.733. The molecular formula is C23H28N2O4. The molecular weight excluding hydrogens is 368 g/mol. The summed E-state index contributed by atoms with van der Waals surface area (Å²) >= 11 is 0. The smallest absolute Gasteiger partial charge is 0.262 e. The topological polar surface area (TPSA) is 59.1 Å². The zero-order chi connectivity index (χ0) is 20.5.